The summed E-state index contributed by atoms with van der Waals surface area (Å²) >= 11 is 0. The maximum Gasteiger partial charge on any atom is 0.322 e. The van der Waals surface area contributed by atoms with Gasteiger partial charge in [-0.1, -0.05) is 18.2 Å². The molecule has 0 unspecified atom stereocenters. The number of hydrogen-bond donors (Lipinski definition) is 0. The van der Waals surface area contributed by atoms with Crippen LogP contribution in [0.15, 0.2) is 63.2 Å². The minimum Gasteiger partial charge on any atom is -0.426 e. The molecule has 2 heterocycles. The van der Waals surface area contributed by atoms with Crippen LogP contribution in [0.3, 0.4) is 0 Å². The Morgan fingerprint density at radius 2 is 1.78 bits per heavy atom. The lowest BCUT2D eigenvalue weighted by molar-refractivity contribution is 0.458. The van der Waals surface area contributed by atoms with E-state index in [2.05, 4.69) is 9.97 Å². The Hall–Kier alpha value is -2.21. The number of aromatic nitrogens is 2. The lowest BCUT2D eigenvalue weighted by Gasteiger charge is -1.97. The fraction of sp³-hybridized carbons (Fsp3) is 0. The van der Waals surface area contributed by atoms with Crippen LogP contribution in [0.2, 0.25) is 0 Å². The van der Waals surface area contributed by atoms with Crippen LogP contribution >= 0.6 is 0 Å². The van der Waals surface area contributed by atoms with E-state index in [-0.39, 0.29) is 15.8 Å². The zero-order valence-electron chi connectivity index (χ0n) is 9.15. The number of sulfone groups is 1. The Labute approximate surface area is 103 Å². The fourth-order valence-corrected chi connectivity index (χ4v) is 2.69. The molecule has 0 aliphatic heterocycles. The molecule has 2 aromatic heterocycles. The van der Waals surface area contributed by atoms with Crippen molar-refractivity contribution in [1.29, 1.82) is 0 Å². The highest BCUT2D eigenvalue weighted by molar-refractivity contribution is 7.91. The fourth-order valence-electron chi connectivity index (χ4n) is 1.56. The number of benzene rings is 1. The number of hydrogen-bond acceptors (Lipinski definition) is 5. The van der Waals surface area contributed by atoms with Crippen molar-refractivity contribution in [2.75, 3.05) is 0 Å². The van der Waals surface area contributed by atoms with Crippen LogP contribution in [0.1, 0.15) is 0 Å². The van der Waals surface area contributed by atoms with Crippen molar-refractivity contribution >= 4 is 21.1 Å². The van der Waals surface area contributed by atoms with E-state index < -0.39 is 9.84 Å². The van der Waals surface area contributed by atoms with Crippen molar-refractivity contribution < 1.29 is 12.8 Å². The lowest BCUT2D eigenvalue weighted by atomic mass is 10.4. The van der Waals surface area contributed by atoms with Gasteiger partial charge in [0.05, 0.1) is 4.90 Å². The van der Waals surface area contributed by atoms with Crippen LogP contribution in [-0.2, 0) is 9.84 Å². The highest BCUT2D eigenvalue weighted by Crippen LogP contribution is 2.22. The van der Waals surface area contributed by atoms with Crippen molar-refractivity contribution in [2.45, 2.75) is 10.1 Å². The third-order valence-corrected chi connectivity index (χ3v) is 3.96. The van der Waals surface area contributed by atoms with E-state index >= 15 is 0 Å². The van der Waals surface area contributed by atoms with Gasteiger partial charge in [0.1, 0.15) is 0 Å². The molecule has 0 radical (unpaired) electrons. The van der Waals surface area contributed by atoms with Crippen LogP contribution in [0, 0.1) is 0 Å². The molecular weight excluding hydrogens is 252 g/mol. The molecule has 3 aromatic rings. The van der Waals surface area contributed by atoms with E-state index in [9.17, 15) is 8.42 Å². The topological polar surface area (TPSA) is 73.1 Å². The summed E-state index contributed by atoms with van der Waals surface area (Å²) in [6.07, 6.45) is 1.53. The molecule has 90 valence electrons. The van der Waals surface area contributed by atoms with Gasteiger partial charge in [0.2, 0.25) is 0 Å². The second-order valence-corrected chi connectivity index (χ2v) is 5.45. The molecule has 5 nitrogen and oxygen atoms in total. The third-order valence-electron chi connectivity index (χ3n) is 2.43. The normalized spacial score (nSPS) is 11.8. The molecule has 0 spiro atoms. The molecule has 0 saturated carbocycles. The minimum atomic E-state index is -3.72. The van der Waals surface area contributed by atoms with Crippen molar-refractivity contribution in [1.82, 2.24) is 9.97 Å². The summed E-state index contributed by atoms with van der Waals surface area (Å²) in [7, 11) is -3.72. The van der Waals surface area contributed by atoms with Crippen molar-refractivity contribution in [3.8, 4) is 0 Å². The van der Waals surface area contributed by atoms with Gasteiger partial charge in [-0.2, -0.15) is 4.98 Å². The van der Waals surface area contributed by atoms with Crippen molar-refractivity contribution in [3.63, 3.8) is 0 Å². The Balaban J connectivity index is 2.20. The quantitative estimate of drug-likeness (QED) is 0.705. The van der Waals surface area contributed by atoms with Crippen molar-refractivity contribution in [2.24, 2.45) is 0 Å². The maximum atomic E-state index is 12.2. The van der Waals surface area contributed by atoms with E-state index in [4.69, 9.17) is 4.42 Å². The summed E-state index contributed by atoms with van der Waals surface area (Å²) in [6, 6.07) is 11.3. The monoisotopic (exact) mass is 260 g/mol. The summed E-state index contributed by atoms with van der Waals surface area (Å²) < 4.78 is 29.7. The Kier molecular flexibility index (Phi) is 2.38. The molecule has 6 heteroatoms. The van der Waals surface area contributed by atoms with Gasteiger partial charge in [-0.25, -0.2) is 13.4 Å². The highest BCUT2D eigenvalue weighted by atomic mass is 32.2. The molecule has 0 saturated heterocycles. The Bertz CT molecular complexity index is 761. The second-order valence-electron chi connectivity index (χ2n) is 3.62. The first-order chi connectivity index (χ1) is 8.68. The molecule has 0 aliphatic rings. The number of oxazole rings is 1. The van der Waals surface area contributed by atoms with Gasteiger partial charge >= 0.3 is 5.22 Å². The van der Waals surface area contributed by atoms with Crippen molar-refractivity contribution in [3.05, 3.63) is 48.7 Å². The van der Waals surface area contributed by atoms with E-state index in [0.29, 0.717) is 5.58 Å². The molecule has 0 N–H and O–H groups in total. The summed E-state index contributed by atoms with van der Waals surface area (Å²) in [5.41, 5.74) is 0.638. The number of rotatable bonds is 2. The molecule has 0 fully saturated rings. The summed E-state index contributed by atoms with van der Waals surface area (Å²) in [5.74, 6) is 0. The first kappa shape index (κ1) is 10.9. The largest absolute Gasteiger partial charge is 0.426 e. The number of pyridine rings is 1. The maximum absolute atomic E-state index is 12.2. The minimum absolute atomic E-state index is 0.150. The molecule has 3 rings (SSSR count). The van der Waals surface area contributed by atoms with Gasteiger partial charge < -0.3 is 4.42 Å². The van der Waals surface area contributed by atoms with Crippen LogP contribution in [0.4, 0.5) is 0 Å². The molecule has 0 aliphatic carbocycles. The smallest absolute Gasteiger partial charge is 0.322 e. The van der Waals surface area contributed by atoms with E-state index in [0.717, 1.165) is 0 Å². The standard InChI is InChI=1S/C12H8N2O3S/c15-18(16,9-5-2-1-3-6-9)12-14-11-10(17-12)7-4-8-13-11/h1-8H. The van der Waals surface area contributed by atoms with Gasteiger partial charge in [-0.05, 0) is 24.3 Å². The van der Waals surface area contributed by atoms with Crippen LogP contribution in [0.25, 0.3) is 11.2 Å². The predicted molar refractivity (Wildman–Crippen MR) is 63.7 cm³/mol. The Morgan fingerprint density at radius 3 is 2.50 bits per heavy atom. The molecule has 1 aromatic carbocycles. The number of fused-ring (bicyclic) bond motifs is 1. The summed E-state index contributed by atoms with van der Waals surface area (Å²) in [5, 5.41) is -0.331. The zero-order chi connectivity index (χ0) is 12.6. The van der Waals surface area contributed by atoms with E-state index in [1.807, 2.05) is 0 Å². The Morgan fingerprint density at radius 1 is 1.00 bits per heavy atom. The van der Waals surface area contributed by atoms with Gasteiger partial charge in [0, 0.05) is 6.20 Å². The van der Waals surface area contributed by atoms with Crippen LogP contribution < -0.4 is 0 Å². The molecule has 0 bridgehead atoms. The first-order valence-electron chi connectivity index (χ1n) is 5.19. The molecule has 18 heavy (non-hydrogen) atoms. The summed E-state index contributed by atoms with van der Waals surface area (Å²) in [6.45, 7) is 0. The third kappa shape index (κ3) is 1.67. The van der Waals surface area contributed by atoms with E-state index in [1.165, 1.54) is 18.3 Å². The first-order valence-corrected chi connectivity index (χ1v) is 6.68. The number of nitrogens with zero attached hydrogens (tertiary/aromatic N) is 2. The van der Waals surface area contributed by atoms with Gasteiger partial charge in [-0.3, -0.25) is 0 Å². The second kappa shape index (κ2) is 3.92. The predicted octanol–water partition coefficient (Wildman–Crippen LogP) is 2.06. The molecule has 0 amide bonds. The summed E-state index contributed by atoms with van der Waals surface area (Å²) in [4.78, 5) is 7.98. The highest BCUT2D eigenvalue weighted by Gasteiger charge is 2.24. The van der Waals surface area contributed by atoms with Gasteiger partial charge in [0.25, 0.3) is 9.84 Å². The molecule has 0 atom stereocenters. The zero-order valence-corrected chi connectivity index (χ0v) is 9.96. The van der Waals surface area contributed by atoms with Crippen LogP contribution in [0.5, 0.6) is 0 Å². The average Bonchev–Trinajstić information content (AvgIpc) is 2.84. The lowest BCUT2D eigenvalue weighted by Crippen LogP contribution is -2.01. The average molecular weight is 260 g/mol. The SMILES string of the molecule is O=S(=O)(c1ccccc1)c1nc2ncccc2o1. The van der Waals surface area contributed by atoms with E-state index in [1.54, 1.807) is 30.3 Å². The van der Waals surface area contributed by atoms with Gasteiger partial charge in [-0.15, -0.1) is 0 Å². The van der Waals surface area contributed by atoms with Crippen LogP contribution in [-0.4, -0.2) is 18.4 Å². The molecular formula is C12H8N2O3S. The van der Waals surface area contributed by atoms with Gasteiger partial charge in [0.15, 0.2) is 11.2 Å².